The minimum absolute atomic E-state index is 0.137. The normalized spacial score (nSPS) is 11.0. The second-order valence-corrected chi connectivity index (χ2v) is 7.68. The Labute approximate surface area is 171 Å². The number of thiophene rings is 1. The van der Waals surface area contributed by atoms with Crippen LogP contribution < -0.4 is 21.5 Å². The first-order chi connectivity index (χ1) is 13.8. The maximum absolute atomic E-state index is 11.2. The first kappa shape index (κ1) is 20.4. The van der Waals surface area contributed by atoms with E-state index in [1.807, 2.05) is 21.0 Å². The second-order valence-electron chi connectivity index (χ2n) is 6.72. The van der Waals surface area contributed by atoms with E-state index in [1.54, 1.807) is 12.1 Å². The van der Waals surface area contributed by atoms with Gasteiger partial charge in [0.25, 0.3) is 0 Å². The Hall–Kier alpha value is -3.29. The maximum atomic E-state index is 11.2. The van der Waals surface area contributed by atoms with E-state index in [-0.39, 0.29) is 10.8 Å². The van der Waals surface area contributed by atoms with Crippen LogP contribution in [0.25, 0.3) is 21.5 Å². The highest BCUT2D eigenvalue weighted by atomic mass is 32.1. The number of carbonyl (C=O) groups is 1. The van der Waals surface area contributed by atoms with Gasteiger partial charge in [-0.25, -0.2) is 9.78 Å². The monoisotopic (exact) mass is 414 g/mol. The van der Waals surface area contributed by atoms with E-state index in [2.05, 4.69) is 21.3 Å². The predicted molar refractivity (Wildman–Crippen MR) is 113 cm³/mol. The molecule has 0 aliphatic heterocycles. The molecule has 0 saturated carbocycles. The molecule has 29 heavy (non-hydrogen) atoms. The third-order valence-corrected chi connectivity index (χ3v) is 5.19. The van der Waals surface area contributed by atoms with Crippen LogP contribution in [0.1, 0.15) is 17.7 Å². The average Bonchev–Trinajstić information content (AvgIpc) is 3.20. The zero-order valence-electron chi connectivity index (χ0n) is 16.4. The van der Waals surface area contributed by atoms with Crippen LogP contribution in [0.4, 0.5) is 16.3 Å². The molecule has 0 atom stereocenters. The lowest BCUT2D eigenvalue weighted by Gasteiger charge is -2.13. The smallest absolute Gasteiger partial charge is 0.410 e. The van der Waals surface area contributed by atoms with E-state index < -0.39 is 6.09 Å². The molecule has 1 amide bonds. The van der Waals surface area contributed by atoms with Gasteiger partial charge in [-0.3, -0.25) is 0 Å². The van der Waals surface area contributed by atoms with Crippen molar-refractivity contribution in [3.63, 3.8) is 0 Å². The van der Waals surface area contributed by atoms with Crippen LogP contribution in [0, 0.1) is 18.3 Å². The van der Waals surface area contributed by atoms with Gasteiger partial charge in [0.2, 0.25) is 5.06 Å². The summed E-state index contributed by atoms with van der Waals surface area (Å²) in [6, 6.07) is 5.78. The molecule has 0 unspecified atom stereocenters. The van der Waals surface area contributed by atoms with Crippen molar-refractivity contribution >= 4 is 39.2 Å². The molecule has 3 heterocycles. The Morgan fingerprint density at radius 3 is 2.79 bits per heavy atom. The standard InChI is InChI=1S/C19H22N6O3S/c1-10-5-6-12(27-10)13-11(9-20)16(23-7-4-8-25(2)3)24-17-14(13)15(21)18(29-17)28-19(22)26/h5-6H,4,7-8,21H2,1-3H3,(H2,22,26)(H,23,24). The SMILES string of the molecule is Cc1ccc(-c2c(C#N)c(NCCCN(C)C)nc3sc(OC(N)=O)c(N)c23)o1. The fourth-order valence-electron chi connectivity index (χ4n) is 2.95. The molecule has 3 aromatic rings. The molecule has 0 spiro atoms. The van der Waals surface area contributed by atoms with Crippen LogP contribution >= 0.6 is 11.3 Å². The number of nitrogen functional groups attached to an aromatic ring is 1. The number of hydrogen-bond donors (Lipinski definition) is 3. The van der Waals surface area contributed by atoms with Crippen LogP contribution in [0.2, 0.25) is 0 Å². The molecule has 9 nitrogen and oxygen atoms in total. The van der Waals surface area contributed by atoms with Crippen molar-refractivity contribution in [1.82, 2.24) is 9.88 Å². The van der Waals surface area contributed by atoms with Crippen LogP contribution in [0.3, 0.4) is 0 Å². The van der Waals surface area contributed by atoms with Gasteiger partial charge in [-0.05, 0) is 46.1 Å². The minimum Gasteiger partial charge on any atom is -0.461 e. The summed E-state index contributed by atoms with van der Waals surface area (Å²) in [6.45, 7) is 3.34. The van der Waals surface area contributed by atoms with E-state index in [0.717, 1.165) is 24.3 Å². The number of aromatic nitrogens is 1. The summed E-state index contributed by atoms with van der Waals surface area (Å²) in [6.07, 6.45) is -0.101. The van der Waals surface area contributed by atoms with Gasteiger partial charge in [-0.2, -0.15) is 5.26 Å². The molecule has 0 radical (unpaired) electrons. The number of rotatable bonds is 7. The maximum Gasteiger partial charge on any atom is 0.410 e. The number of nitrogens with zero attached hydrogens (tertiary/aromatic N) is 3. The lowest BCUT2D eigenvalue weighted by Crippen LogP contribution is -2.17. The number of amides is 1. The van der Waals surface area contributed by atoms with Crippen molar-refractivity contribution in [3.05, 3.63) is 23.5 Å². The average molecular weight is 414 g/mol. The van der Waals surface area contributed by atoms with Gasteiger partial charge in [0.05, 0.1) is 16.6 Å². The van der Waals surface area contributed by atoms with Crippen molar-refractivity contribution in [2.24, 2.45) is 5.73 Å². The summed E-state index contributed by atoms with van der Waals surface area (Å²) in [7, 11) is 3.99. The summed E-state index contributed by atoms with van der Waals surface area (Å²) in [4.78, 5) is 18.4. The highest BCUT2D eigenvalue weighted by Gasteiger charge is 2.25. The van der Waals surface area contributed by atoms with E-state index in [0.29, 0.717) is 45.2 Å². The molecule has 0 aliphatic rings. The number of nitrogens with two attached hydrogens (primary N) is 2. The Morgan fingerprint density at radius 1 is 1.45 bits per heavy atom. The molecular formula is C19H22N6O3S. The van der Waals surface area contributed by atoms with Crippen molar-refractivity contribution in [2.75, 3.05) is 38.2 Å². The summed E-state index contributed by atoms with van der Waals surface area (Å²) >= 11 is 1.09. The molecule has 10 heteroatoms. The van der Waals surface area contributed by atoms with Crippen molar-refractivity contribution < 1.29 is 13.9 Å². The molecular weight excluding hydrogens is 392 g/mol. The second kappa shape index (κ2) is 8.38. The summed E-state index contributed by atoms with van der Waals surface area (Å²) in [5.41, 5.74) is 12.4. The molecule has 3 aromatic heterocycles. The number of ether oxygens (including phenoxy) is 1. The molecule has 5 N–H and O–H groups in total. The van der Waals surface area contributed by atoms with Crippen LogP contribution in [0.5, 0.6) is 5.06 Å². The third kappa shape index (κ3) is 4.26. The molecule has 152 valence electrons. The number of aryl methyl sites for hydroxylation is 1. The number of furan rings is 1. The van der Waals surface area contributed by atoms with Gasteiger partial charge in [-0.15, -0.1) is 0 Å². The molecule has 0 aliphatic carbocycles. The lowest BCUT2D eigenvalue weighted by molar-refractivity contribution is 0.212. The zero-order valence-corrected chi connectivity index (χ0v) is 17.2. The fraction of sp³-hybridized carbons (Fsp3) is 0.316. The topological polar surface area (TPSA) is 143 Å². The highest BCUT2D eigenvalue weighted by Crippen LogP contribution is 2.46. The number of carbonyl (C=O) groups excluding carboxylic acids is 1. The number of nitriles is 1. The van der Waals surface area contributed by atoms with Gasteiger partial charge in [0.1, 0.15) is 33.8 Å². The minimum atomic E-state index is -0.971. The number of hydrogen-bond acceptors (Lipinski definition) is 9. The van der Waals surface area contributed by atoms with E-state index in [9.17, 15) is 10.1 Å². The van der Waals surface area contributed by atoms with Crippen LogP contribution in [-0.4, -0.2) is 43.2 Å². The number of nitrogens with one attached hydrogen (secondary N) is 1. The Morgan fingerprint density at radius 2 is 2.21 bits per heavy atom. The van der Waals surface area contributed by atoms with Gasteiger partial charge < -0.3 is 30.8 Å². The van der Waals surface area contributed by atoms with Gasteiger partial charge in [-0.1, -0.05) is 11.3 Å². The summed E-state index contributed by atoms with van der Waals surface area (Å²) in [5, 5.41) is 13.8. The first-order valence-corrected chi connectivity index (χ1v) is 9.72. The molecule has 0 bridgehead atoms. The fourth-order valence-corrected chi connectivity index (χ4v) is 3.92. The van der Waals surface area contributed by atoms with E-state index in [1.165, 1.54) is 0 Å². The van der Waals surface area contributed by atoms with Crippen LogP contribution in [0.15, 0.2) is 16.5 Å². The first-order valence-electron chi connectivity index (χ1n) is 8.90. The quantitative estimate of drug-likeness (QED) is 0.500. The van der Waals surface area contributed by atoms with Crippen LogP contribution in [-0.2, 0) is 0 Å². The number of fused-ring (bicyclic) bond motifs is 1. The van der Waals surface area contributed by atoms with E-state index >= 15 is 0 Å². The molecule has 0 aromatic carbocycles. The Kier molecular flexibility index (Phi) is 5.91. The third-order valence-electron chi connectivity index (χ3n) is 4.21. The number of primary amides is 1. The number of anilines is 2. The van der Waals surface area contributed by atoms with Crippen molar-refractivity contribution in [2.45, 2.75) is 13.3 Å². The Bertz CT molecular complexity index is 1100. The summed E-state index contributed by atoms with van der Waals surface area (Å²) in [5.74, 6) is 1.60. The van der Waals surface area contributed by atoms with Gasteiger partial charge in [0.15, 0.2) is 0 Å². The molecule has 3 rings (SSSR count). The molecule has 0 saturated heterocycles. The van der Waals surface area contributed by atoms with Crippen molar-refractivity contribution in [1.29, 1.82) is 5.26 Å². The Balaban J connectivity index is 2.17. The predicted octanol–water partition coefficient (Wildman–Crippen LogP) is 3.14. The van der Waals surface area contributed by atoms with Gasteiger partial charge >= 0.3 is 6.09 Å². The van der Waals surface area contributed by atoms with Crippen molar-refractivity contribution in [3.8, 4) is 22.5 Å². The van der Waals surface area contributed by atoms with Gasteiger partial charge in [0, 0.05) is 6.54 Å². The molecule has 0 fully saturated rings. The lowest BCUT2D eigenvalue weighted by atomic mass is 10.0. The highest BCUT2D eigenvalue weighted by molar-refractivity contribution is 7.21. The zero-order chi connectivity index (χ0) is 21.1. The summed E-state index contributed by atoms with van der Waals surface area (Å²) < 4.78 is 10.8. The number of pyridine rings is 1. The largest absolute Gasteiger partial charge is 0.461 e. The van der Waals surface area contributed by atoms with E-state index in [4.69, 9.17) is 20.6 Å².